The Morgan fingerprint density at radius 2 is 1.83 bits per heavy atom. The lowest BCUT2D eigenvalue weighted by molar-refractivity contribution is 0.452. The lowest BCUT2D eigenvalue weighted by atomic mass is 10.3. The molecule has 0 aliphatic rings. The van der Waals surface area contributed by atoms with Crippen LogP contribution in [-0.4, -0.2) is 18.5 Å². The van der Waals surface area contributed by atoms with Gasteiger partial charge in [0.1, 0.15) is 11.5 Å². The minimum atomic E-state index is -3.81. The second kappa shape index (κ2) is 4.83. The van der Waals surface area contributed by atoms with Gasteiger partial charge in [0.15, 0.2) is 0 Å². The highest BCUT2D eigenvalue weighted by Crippen LogP contribution is 2.24. The number of hydrogen-bond acceptors (Lipinski definition) is 5. The van der Waals surface area contributed by atoms with E-state index >= 15 is 0 Å². The molecule has 2 rings (SSSR count). The van der Waals surface area contributed by atoms with Gasteiger partial charge >= 0.3 is 0 Å². The topological polar surface area (TPSA) is 76.5 Å². The molecule has 5 nitrogen and oxygen atoms in total. The smallest absolute Gasteiger partial charge is 0.261 e. The number of benzene rings is 1. The molecule has 94 valence electrons. The third-order valence-electron chi connectivity index (χ3n) is 2.05. The summed E-state index contributed by atoms with van der Waals surface area (Å²) in [4.78, 5) is 3.77. The lowest BCUT2D eigenvalue weighted by Crippen LogP contribution is -1.93. The number of halogens is 1. The number of aromatic hydroxyl groups is 1. The molecule has 0 saturated carbocycles. The normalized spacial score (nSPS) is 11.2. The average molecular weight is 286 g/mol. The Labute approximate surface area is 108 Å². The van der Waals surface area contributed by atoms with Gasteiger partial charge in [0.05, 0.1) is 4.90 Å². The standard InChI is InChI=1S/C11H8ClNO4S/c12-18(15,16)10-5-6-13-11(7-10)17-9-3-1-8(14)2-4-9/h1-7,14H. The van der Waals surface area contributed by atoms with E-state index < -0.39 is 9.05 Å². The van der Waals surface area contributed by atoms with Gasteiger partial charge < -0.3 is 9.84 Å². The summed E-state index contributed by atoms with van der Waals surface area (Å²) >= 11 is 0. The van der Waals surface area contributed by atoms with Crippen molar-refractivity contribution in [3.8, 4) is 17.4 Å². The fraction of sp³-hybridized carbons (Fsp3) is 0. The summed E-state index contributed by atoms with van der Waals surface area (Å²) in [6, 6.07) is 8.42. The summed E-state index contributed by atoms with van der Waals surface area (Å²) in [6.45, 7) is 0. The first kappa shape index (κ1) is 12.7. The minimum Gasteiger partial charge on any atom is -0.508 e. The molecule has 0 bridgehead atoms. The van der Waals surface area contributed by atoms with Crippen LogP contribution in [0.3, 0.4) is 0 Å². The summed E-state index contributed by atoms with van der Waals surface area (Å²) in [5, 5.41) is 9.11. The molecule has 1 aromatic carbocycles. The van der Waals surface area contributed by atoms with Crippen LogP contribution in [0.5, 0.6) is 17.4 Å². The van der Waals surface area contributed by atoms with Crippen molar-refractivity contribution >= 4 is 19.7 Å². The molecule has 0 saturated heterocycles. The first-order chi connectivity index (χ1) is 8.45. The Balaban J connectivity index is 2.27. The van der Waals surface area contributed by atoms with E-state index in [0.29, 0.717) is 5.75 Å². The van der Waals surface area contributed by atoms with Crippen molar-refractivity contribution in [2.75, 3.05) is 0 Å². The van der Waals surface area contributed by atoms with E-state index in [4.69, 9.17) is 20.5 Å². The SMILES string of the molecule is O=S(=O)(Cl)c1ccnc(Oc2ccc(O)cc2)c1. The number of phenolic OH excluding ortho intramolecular Hbond substituents is 1. The maximum Gasteiger partial charge on any atom is 0.261 e. The quantitative estimate of drug-likeness (QED) is 0.877. The van der Waals surface area contributed by atoms with Crippen LogP contribution in [0.4, 0.5) is 0 Å². The summed E-state index contributed by atoms with van der Waals surface area (Å²) < 4.78 is 27.6. The number of rotatable bonds is 3. The van der Waals surface area contributed by atoms with E-state index in [1.165, 1.54) is 42.6 Å². The first-order valence-corrected chi connectivity index (χ1v) is 7.14. The number of aromatic nitrogens is 1. The molecule has 0 unspecified atom stereocenters. The molecule has 18 heavy (non-hydrogen) atoms. The maximum atomic E-state index is 11.1. The third-order valence-corrected chi connectivity index (χ3v) is 3.40. The van der Waals surface area contributed by atoms with Gasteiger partial charge in [-0.25, -0.2) is 13.4 Å². The van der Waals surface area contributed by atoms with Crippen molar-refractivity contribution < 1.29 is 18.3 Å². The lowest BCUT2D eigenvalue weighted by Gasteiger charge is -2.05. The molecule has 2 aromatic rings. The fourth-order valence-electron chi connectivity index (χ4n) is 1.23. The van der Waals surface area contributed by atoms with E-state index in [1.807, 2.05) is 0 Å². The molecular weight excluding hydrogens is 278 g/mol. The molecule has 1 heterocycles. The van der Waals surface area contributed by atoms with Crippen molar-refractivity contribution in [3.05, 3.63) is 42.6 Å². The minimum absolute atomic E-state index is 0.0899. The summed E-state index contributed by atoms with van der Waals surface area (Å²) in [5.41, 5.74) is 0. The zero-order valence-corrected chi connectivity index (χ0v) is 10.5. The highest BCUT2D eigenvalue weighted by Gasteiger charge is 2.11. The van der Waals surface area contributed by atoms with Crippen LogP contribution in [0.15, 0.2) is 47.5 Å². The zero-order valence-electron chi connectivity index (χ0n) is 8.95. The molecule has 1 aromatic heterocycles. The van der Waals surface area contributed by atoms with Gasteiger partial charge in [-0.15, -0.1) is 0 Å². The molecule has 0 aliphatic carbocycles. The van der Waals surface area contributed by atoms with Crippen LogP contribution in [-0.2, 0) is 9.05 Å². The number of nitrogens with zero attached hydrogens (tertiary/aromatic N) is 1. The largest absolute Gasteiger partial charge is 0.508 e. The van der Waals surface area contributed by atoms with E-state index in [-0.39, 0.29) is 16.5 Å². The number of ether oxygens (including phenoxy) is 1. The van der Waals surface area contributed by atoms with Crippen LogP contribution >= 0.6 is 10.7 Å². The second-order valence-corrected chi connectivity index (χ2v) is 5.93. The Bertz CT molecular complexity index is 655. The fourth-order valence-corrected chi connectivity index (χ4v) is 1.99. The summed E-state index contributed by atoms with van der Waals surface area (Å²) in [5.74, 6) is 0.624. The molecule has 0 radical (unpaired) electrons. The molecule has 0 amide bonds. The van der Waals surface area contributed by atoms with Crippen molar-refractivity contribution in [3.63, 3.8) is 0 Å². The van der Waals surface area contributed by atoms with Crippen LogP contribution in [0.25, 0.3) is 0 Å². The van der Waals surface area contributed by atoms with E-state index in [9.17, 15) is 8.42 Å². The van der Waals surface area contributed by atoms with E-state index in [1.54, 1.807) is 0 Å². The molecule has 0 aliphatic heterocycles. The van der Waals surface area contributed by atoms with Gasteiger partial charge in [-0.2, -0.15) is 0 Å². The molecule has 1 N–H and O–H groups in total. The maximum absolute atomic E-state index is 11.1. The van der Waals surface area contributed by atoms with Crippen molar-refractivity contribution in [1.29, 1.82) is 0 Å². The van der Waals surface area contributed by atoms with Gasteiger partial charge in [0.25, 0.3) is 9.05 Å². The van der Waals surface area contributed by atoms with Crippen LogP contribution < -0.4 is 4.74 Å². The Kier molecular flexibility index (Phi) is 3.40. The monoisotopic (exact) mass is 285 g/mol. The van der Waals surface area contributed by atoms with Gasteiger partial charge in [0.2, 0.25) is 5.88 Å². The van der Waals surface area contributed by atoms with Crippen LogP contribution in [0.2, 0.25) is 0 Å². The van der Waals surface area contributed by atoms with Crippen LogP contribution in [0.1, 0.15) is 0 Å². The Morgan fingerprint density at radius 3 is 2.44 bits per heavy atom. The van der Waals surface area contributed by atoms with Gasteiger partial charge in [0, 0.05) is 22.9 Å². The molecule has 0 spiro atoms. The second-order valence-electron chi connectivity index (χ2n) is 3.36. The molecule has 0 fully saturated rings. The average Bonchev–Trinajstić information content (AvgIpc) is 2.31. The predicted molar refractivity (Wildman–Crippen MR) is 65.5 cm³/mol. The first-order valence-electron chi connectivity index (χ1n) is 4.83. The van der Waals surface area contributed by atoms with E-state index in [0.717, 1.165) is 0 Å². The zero-order chi connectivity index (χ0) is 13.2. The summed E-state index contributed by atoms with van der Waals surface area (Å²) in [7, 11) is 1.40. The Hall–Kier alpha value is -1.79. The van der Waals surface area contributed by atoms with Gasteiger partial charge in [-0.05, 0) is 30.3 Å². The van der Waals surface area contributed by atoms with Crippen LogP contribution in [0, 0.1) is 0 Å². The Morgan fingerprint density at radius 1 is 1.17 bits per heavy atom. The van der Waals surface area contributed by atoms with Gasteiger partial charge in [-0.1, -0.05) is 0 Å². The van der Waals surface area contributed by atoms with Crippen molar-refractivity contribution in [2.24, 2.45) is 0 Å². The van der Waals surface area contributed by atoms with Gasteiger partial charge in [-0.3, -0.25) is 0 Å². The highest BCUT2D eigenvalue weighted by molar-refractivity contribution is 8.13. The molecule has 7 heteroatoms. The molecule has 0 atom stereocenters. The molecular formula is C11H8ClNO4S. The number of phenols is 1. The number of hydrogen-bond donors (Lipinski definition) is 1. The highest BCUT2D eigenvalue weighted by atomic mass is 35.7. The van der Waals surface area contributed by atoms with Crippen molar-refractivity contribution in [2.45, 2.75) is 4.90 Å². The van der Waals surface area contributed by atoms with E-state index in [2.05, 4.69) is 4.98 Å². The summed E-state index contributed by atoms with van der Waals surface area (Å²) in [6.07, 6.45) is 1.28. The van der Waals surface area contributed by atoms with Crippen molar-refractivity contribution in [1.82, 2.24) is 4.98 Å². The predicted octanol–water partition coefficient (Wildman–Crippen LogP) is 2.51. The number of pyridine rings is 1. The third kappa shape index (κ3) is 3.12.